The van der Waals surface area contributed by atoms with Crippen LogP contribution in [0.5, 0.6) is 0 Å². The van der Waals surface area contributed by atoms with Gasteiger partial charge in [-0.15, -0.1) is 0 Å². The molecule has 1 aromatic rings. The maximum atomic E-state index is 11.9. The molecule has 0 radical (unpaired) electrons. The predicted octanol–water partition coefficient (Wildman–Crippen LogP) is 1.65. The Morgan fingerprint density at radius 3 is 2.90 bits per heavy atom. The topological polar surface area (TPSA) is 59.0 Å². The third-order valence-electron chi connectivity index (χ3n) is 3.34. The van der Waals surface area contributed by atoms with E-state index in [4.69, 9.17) is 14.6 Å². The molecule has 0 aromatic heterocycles. The van der Waals surface area contributed by atoms with Crippen molar-refractivity contribution in [3.63, 3.8) is 0 Å². The summed E-state index contributed by atoms with van der Waals surface area (Å²) >= 11 is 0. The van der Waals surface area contributed by atoms with E-state index in [9.17, 15) is 4.79 Å². The smallest absolute Gasteiger partial charge is 0.410 e. The minimum absolute atomic E-state index is 0.0373. The molecule has 1 aliphatic heterocycles. The Balaban J connectivity index is 1.69. The van der Waals surface area contributed by atoms with Gasteiger partial charge in [0.15, 0.2) is 0 Å². The van der Waals surface area contributed by atoms with Crippen molar-refractivity contribution in [1.82, 2.24) is 4.90 Å². The van der Waals surface area contributed by atoms with Crippen LogP contribution < -0.4 is 0 Å². The van der Waals surface area contributed by atoms with Gasteiger partial charge in [-0.05, 0) is 12.0 Å². The van der Waals surface area contributed by atoms with Crippen molar-refractivity contribution in [3.8, 4) is 0 Å². The van der Waals surface area contributed by atoms with Crippen molar-refractivity contribution in [2.24, 2.45) is 5.92 Å². The van der Waals surface area contributed by atoms with Crippen molar-refractivity contribution >= 4 is 6.09 Å². The fourth-order valence-electron chi connectivity index (χ4n) is 2.26. The minimum atomic E-state index is -0.265. The standard InChI is InChI=1S/C15H21NO4/c17-8-9-19-11-14-6-7-16(10-14)15(18)20-12-13-4-2-1-3-5-13/h1-5,14,17H,6-12H2/t14-/m1/s1. The fourth-order valence-corrected chi connectivity index (χ4v) is 2.26. The molecule has 5 nitrogen and oxygen atoms in total. The van der Waals surface area contributed by atoms with Gasteiger partial charge in [-0.25, -0.2) is 4.79 Å². The molecule has 1 aromatic carbocycles. The monoisotopic (exact) mass is 279 g/mol. The second kappa shape index (κ2) is 7.87. The zero-order chi connectivity index (χ0) is 14.2. The lowest BCUT2D eigenvalue weighted by molar-refractivity contribution is 0.0666. The average Bonchev–Trinajstić information content (AvgIpc) is 2.95. The van der Waals surface area contributed by atoms with Gasteiger partial charge >= 0.3 is 6.09 Å². The van der Waals surface area contributed by atoms with Gasteiger partial charge in [-0.2, -0.15) is 0 Å². The molecular formula is C15H21NO4. The number of likely N-dealkylation sites (tertiary alicyclic amines) is 1. The van der Waals surface area contributed by atoms with Crippen molar-refractivity contribution in [2.45, 2.75) is 13.0 Å². The first-order chi connectivity index (χ1) is 9.79. The van der Waals surface area contributed by atoms with E-state index in [-0.39, 0.29) is 12.7 Å². The molecule has 1 saturated heterocycles. The van der Waals surface area contributed by atoms with Crippen LogP contribution in [0.1, 0.15) is 12.0 Å². The average molecular weight is 279 g/mol. The van der Waals surface area contributed by atoms with Crippen LogP contribution >= 0.6 is 0 Å². The molecule has 2 rings (SSSR count). The first kappa shape index (κ1) is 14.8. The minimum Gasteiger partial charge on any atom is -0.445 e. The number of hydrogen-bond acceptors (Lipinski definition) is 4. The third-order valence-corrected chi connectivity index (χ3v) is 3.34. The number of rotatable bonds is 6. The van der Waals surface area contributed by atoms with Gasteiger partial charge in [-0.1, -0.05) is 30.3 Å². The number of nitrogens with zero attached hydrogens (tertiary/aromatic N) is 1. The summed E-state index contributed by atoms with van der Waals surface area (Å²) in [6, 6.07) is 9.65. The summed E-state index contributed by atoms with van der Waals surface area (Å²) in [5, 5.41) is 8.65. The highest BCUT2D eigenvalue weighted by atomic mass is 16.6. The summed E-state index contributed by atoms with van der Waals surface area (Å²) in [5.41, 5.74) is 0.989. The third kappa shape index (κ3) is 4.51. The molecule has 1 amide bonds. The predicted molar refractivity (Wildman–Crippen MR) is 74.2 cm³/mol. The fraction of sp³-hybridized carbons (Fsp3) is 0.533. The van der Waals surface area contributed by atoms with Crippen molar-refractivity contribution in [1.29, 1.82) is 0 Å². The summed E-state index contributed by atoms with van der Waals surface area (Å²) in [7, 11) is 0. The van der Waals surface area contributed by atoms with Crippen molar-refractivity contribution in [3.05, 3.63) is 35.9 Å². The second-order valence-corrected chi connectivity index (χ2v) is 4.94. The van der Waals surface area contributed by atoms with Crippen LogP contribution in [-0.4, -0.2) is 49.0 Å². The van der Waals surface area contributed by atoms with Crippen LogP contribution in [0.25, 0.3) is 0 Å². The molecule has 1 aliphatic rings. The molecule has 0 aliphatic carbocycles. The van der Waals surface area contributed by atoms with Crippen LogP contribution in [0.15, 0.2) is 30.3 Å². The Morgan fingerprint density at radius 2 is 2.15 bits per heavy atom. The highest BCUT2D eigenvalue weighted by Crippen LogP contribution is 2.17. The van der Waals surface area contributed by atoms with E-state index in [0.29, 0.717) is 38.8 Å². The molecular weight excluding hydrogens is 258 g/mol. The van der Waals surface area contributed by atoms with E-state index in [0.717, 1.165) is 12.0 Å². The van der Waals surface area contributed by atoms with Gasteiger partial charge in [0.2, 0.25) is 0 Å². The number of carbonyl (C=O) groups excluding carboxylic acids is 1. The van der Waals surface area contributed by atoms with Gasteiger partial charge in [-0.3, -0.25) is 0 Å². The summed E-state index contributed by atoms with van der Waals surface area (Å²) in [5.74, 6) is 0.339. The summed E-state index contributed by atoms with van der Waals surface area (Å²) in [4.78, 5) is 13.6. The first-order valence-electron chi connectivity index (χ1n) is 6.94. The van der Waals surface area contributed by atoms with Crippen LogP contribution in [0, 0.1) is 5.92 Å². The number of hydrogen-bond donors (Lipinski definition) is 1. The van der Waals surface area contributed by atoms with Crippen molar-refractivity contribution in [2.75, 3.05) is 32.9 Å². The summed E-state index contributed by atoms with van der Waals surface area (Å²) < 4.78 is 10.6. The van der Waals surface area contributed by atoms with E-state index < -0.39 is 0 Å². The highest BCUT2D eigenvalue weighted by Gasteiger charge is 2.27. The summed E-state index contributed by atoms with van der Waals surface area (Å²) in [6.07, 6.45) is 0.657. The van der Waals surface area contributed by atoms with Crippen LogP contribution in [0.4, 0.5) is 4.79 Å². The number of benzene rings is 1. The Labute approximate surface area is 119 Å². The van der Waals surface area contributed by atoms with Gasteiger partial charge in [0.05, 0.1) is 19.8 Å². The Bertz CT molecular complexity index is 410. The number of ether oxygens (including phenoxy) is 2. The second-order valence-electron chi connectivity index (χ2n) is 4.94. The van der Waals surface area contributed by atoms with Gasteiger partial charge in [0, 0.05) is 19.0 Å². The lowest BCUT2D eigenvalue weighted by atomic mass is 10.1. The Kier molecular flexibility index (Phi) is 5.83. The maximum Gasteiger partial charge on any atom is 0.410 e. The molecule has 1 atom stereocenters. The van der Waals surface area contributed by atoms with E-state index in [1.54, 1.807) is 4.90 Å². The molecule has 0 unspecified atom stereocenters. The molecule has 0 saturated carbocycles. The van der Waals surface area contributed by atoms with E-state index in [1.807, 2.05) is 30.3 Å². The number of aliphatic hydroxyl groups excluding tert-OH is 1. The quantitative estimate of drug-likeness (QED) is 0.804. The molecule has 1 fully saturated rings. The molecule has 110 valence electrons. The highest BCUT2D eigenvalue weighted by molar-refractivity contribution is 5.68. The van der Waals surface area contributed by atoms with Gasteiger partial charge < -0.3 is 19.5 Å². The van der Waals surface area contributed by atoms with Crippen molar-refractivity contribution < 1.29 is 19.4 Å². The molecule has 1 heterocycles. The van der Waals surface area contributed by atoms with E-state index >= 15 is 0 Å². The lowest BCUT2D eigenvalue weighted by Gasteiger charge is -2.16. The molecule has 0 bridgehead atoms. The zero-order valence-corrected chi connectivity index (χ0v) is 11.5. The van der Waals surface area contributed by atoms with Gasteiger partial charge in [0.25, 0.3) is 0 Å². The zero-order valence-electron chi connectivity index (χ0n) is 11.5. The lowest BCUT2D eigenvalue weighted by Crippen LogP contribution is -2.29. The number of amides is 1. The number of carbonyl (C=O) groups is 1. The largest absolute Gasteiger partial charge is 0.445 e. The first-order valence-corrected chi connectivity index (χ1v) is 6.94. The van der Waals surface area contributed by atoms with Crippen LogP contribution in [0.2, 0.25) is 0 Å². The Hall–Kier alpha value is -1.59. The molecule has 1 N–H and O–H groups in total. The molecule has 20 heavy (non-hydrogen) atoms. The van der Waals surface area contributed by atoms with Crippen LogP contribution in [-0.2, 0) is 16.1 Å². The normalized spacial score (nSPS) is 18.2. The molecule has 0 spiro atoms. The number of aliphatic hydroxyl groups is 1. The molecule has 5 heteroatoms. The SMILES string of the molecule is O=C(OCc1ccccc1)N1CC[C@@H](COCCO)C1. The maximum absolute atomic E-state index is 11.9. The van der Waals surface area contributed by atoms with Crippen LogP contribution in [0.3, 0.4) is 0 Å². The van der Waals surface area contributed by atoms with Gasteiger partial charge in [0.1, 0.15) is 6.61 Å². The summed E-state index contributed by atoms with van der Waals surface area (Å²) in [6.45, 7) is 2.66. The Morgan fingerprint density at radius 1 is 1.35 bits per heavy atom. The van der Waals surface area contributed by atoms with E-state index in [1.165, 1.54) is 0 Å². The van der Waals surface area contributed by atoms with E-state index in [2.05, 4.69) is 0 Å².